The largest absolute Gasteiger partial charge is 0.328 e. The lowest BCUT2D eigenvalue weighted by Gasteiger charge is -2.13. The first-order chi connectivity index (χ1) is 10.0. The van der Waals surface area contributed by atoms with Gasteiger partial charge in [-0.05, 0) is 31.4 Å². The third-order valence-electron chi connectivity index (χ3n) is 3.77. The van der Waals surface area contributed by atoms with E-state index >= 15 is 0 Å². The third kappa shape index (κ3) is 3.64. The monoisotopic (exact) mass is 287 g/mol. The molecule has 0 bridgehead atoms. The van der Waals surface area contributed by atoms with Gasteiger partial charge in [0, 0.05) is 31.0 Å². The smallest absolute Gasteiger partial charge is 0.322 e. The molecule has 4 nitrogen and oxygen atoms in total. The fraction of sp³-hybridized carbons (Fsp3) is 0.471. The number of imidazole rings is 1. The standard InChI is InChI=1S/C17H25N3O/c1-4-5-14-6-8-15(9-7-14)16(18)12-19-10-11-20(13(2)3)17(19)21/h6-11,13,16H,4-5,12,18H2,1-3H3. The van der Waals surface area contributed by atoms with Crippen LogP contribution in [0.3, 0.4) is 0 Å². The molecule has 1 aromatic heterocycles. The molecule has 0 amide bonds. The van der Waals surface area contributed by atoms with E-state index < -0.39 is 0 Å². The minimum absolute atomic E-state index is 0.00283. The van der Waals surface area contributed by atoms with Crippen molar-refractivity contribution in [2.24, 2.45) is 5.73 Å². The van der Waals surface area contributed by atoms with Gasteiger partial charge < -0.3 is 5.73 Å². The molecule has 0 saturated carbocycles. The molecule has 1 heterocycles. The molecule has 0 radical (unpaired) electrons. The summed E-state index contributed by atoms with van der Waals surface area (Å²) in [5.41, 5.74) is 8.64. The van der Waals surface area contributed by atoms with Crippen LogP contribution in [0.15, 0.2) is 41.5 Å². The molecule has 21 heavy (non-hydrogen) atoms. The molecule has 2 rings (SSSR count). The highest BCUT2D eigenvalue weighted by Gasteiger charge is 2.11. The van der Waals surface area contributed by atoms with Gasteiger partial charge in [0.15, 0.2) is 0 Å². The molecular weight excluding hydrogens is 262 g/mol. The van der Waals surface area contributed by atoms with E-state index in [-0.39, 0.29) is 17.8 Å². The molecule has 2 aromatic rings. The predicted molar refractivity (Wildman–Crippen MR) is 86.4 cm³/mol. The number of aromatic nitrogens is 2. The normalized spacial score (nSPS) is 12.8. The maximum absolute atomic E-state index is 12.2. The van der Waals surface area contributed by atoms with Crippen LogP contribution in [0.5, 0.6) is 0 Å². The summed E-state index contributed by atoms with van der Waals surface area (Å²) in [6, 6.07) is 8.40. The van der Waals surface area contributed by atoms with E-state index in [0.29, 0.717) is 6.54 Å². The molecular formula is C17H25N3O. The molecule has 0 aliphatic rings. The predicted octanol–water partition coefficient (Wildman–Crippen LogP) is 2.88. The molecule has 0 aliphatic carbocycles. The lowest BCUT2D eigenvalue weighted by atomic mass is 10.0. The highest BCUT2D eigenvalue weighted by molar-refractivity contribution is 5.24. The Labute approximate surface area is 126 Å². The maximum atomic E-state index is 12.2. The maximum Gasteiger partial charge on any atom is 0.328 e. The summed E-state index contributed by atoms with van der Waals surface area (Å²) in [6.45, 7) is 6.67. The van der Waals surface area contributed by atoms with Crippen molar-refractivity contribution in [2.75, 3.05) is 0 Å². The first-order valence-corrected chi connectivity index (χ1v) is 7.64. The van der Waals surface area contributed by atoms with Crippen molar-refractivity contribution in [3.8, 4) is 0 Å². The average molecular weight is 287 g/mol. The Bertz CT molecular complexity index is 622. The van der Waals surface area contributed by atoms with Crippen molar-refractivity contribution >= 4 is 0 Å². The van der Waals surface area contributed by atoms with Gasteiger partial charge in [-0.3, -0.25) is 9.13 Å². The summed E-state index contributed by atoms with van der Waals surface area (Å²) < 4.78 is 3.40. The minimum Gasteiger partial charge on any atom is -0.322 e. The van der Waals surface area contributed by atoms with Crippen LogP contribution in [-0.2, 0) is 13.0 Å². The number of aryl methyl sites for hydroxylation is 1. The number of hydrogen-bond acceptors (Lipinski definition) is 2. The van der Waals surface area contributed by atoms with E-state index in [4.69, 9.17) is 5.73 Å². The number of nitrogens with zero attached hydrogens (tertiary/aromatic N) is 2. The molecule has 0 aliphatic heterocycles. The summed E-state index contributed by atoms with van der Waals surface area (Å²) in [4.78, 5) is 12.2. The number of nitrogens with two attached hydrogens (primary N) is 1. The number of benzene rings is 1. The van der Waals surface area contributed by atoms with Crippen LogP contribution in [-0.4, -0.2) is 9.13 Å². The van der Waals surface area contributed by atoms with Crippen LogP contribution >= 0.6 is 0 Å². The van der Waals surface area contributed by atoms with E-state index in [1.54, 1.807) is 9.13 Å². The summed E-state index contributed by atoms with van der Waals surface area (Å²) in [5.74, 6) is 0. The van der Waals surface area contributed by atoms with Gasteiger partial charge in [0.1, 0.15) is 0 Å². The van der Waals surface area contributed by atoms with Crippen molar-refractivity contribution in [3.05, 3.63) is 58.3 Å². The van der Waals surface area contributed by atoms with E-state index in [1.807, 2.05) is 26.2 Å². The van der Waals surface area contributed by atoms with E-state index in [1.165, 1.54) is 5.56 Å². The van der Waals surface area contributed by atoms with Gasteiger partial charge in [0.25, 0.3) is 0 Å². The fourth-order valence-corrected chi connectivity index (χ4v) is 2.50. The van der Waals surface area contributed by atoms with Crippen molar-refractivity contribution in [1.29, 1.82) is 0 Å². The Morgan fingerprint density at radius 2 is 1.81 bits per heavy atom. The molecule has 0 saturated heterocycles. The summed E-state index contributed by atoms with van der Waals surface area (Å²) in [7, 11) is 0. The van der Waals surface area contributed by atoms with Crippen molar-refractivity contribution in [3.63, 3.8) is 0 Å². The summed E-state index contributed by atoms with van der Waals surface area (Å²) in [6.07, 6.45) is 5.87. The molecule has 1 atom stereocenters. The molecule has 114 valence electrons. The lowest BCUT2D eigenvalue weighted by molar-refractivity contribution is 0.520. The highest BCUT2D eigenvalue weighted by atomic mass is 16.1. The molecule has 0 spiro atoms. The average Bonchev–Trinajstić information content (AvgIpc) is 2.81. The highest BCUT2D eigenvalue weighted by Crippen LogP contribution is 2.14. The Morgan fingerprint density at radius 3 is 2.33 bits per heavy atom. The number of rotatable bonds is 6. The minimum atomic E-state index is -0.165. The van der Waals surface area contributed by atoms with Gasteiger partial charge in [-0.25, -0.2) is 4.79 Å². The second-order valence-electron chi connectivity index (χ2n) is 5.83. The van der Waals surface area contributed by atoms with Crippen LogP contribution in [0.4, 0.5) is 0 Å². The summed E-state index contributed by atoms with van der Waals surface area (Å²) >= 11 is 0. The molecule has 0 fully saturated rings. The van der Waals surface area contributed by atoms with Crippen LogP contribution < -0.4 is 11.4 Å². The van der Waals surface area contributed by atoms with E-state index in [0.717, 1.165) is 18.4 Å². The van der Waals surface area contributed by atoms with Crippen molar-refractivity contribution < 1.29 is 0 Å². The van der Waals surface area contributed by atoms with Crippen molar-refractivity contribution in [1.82, 2.24) is 9.13 Å². The molecule has 2 N–H and O–H groups in total. The van der Waals surface area contributed by atoms with Gasteiger partial charge in [-0.2, -0.15) is 0 Å². The van der Waals surface area contributed by atoms with Crippen molar-refractivity contribution in [2.45, 2.75) is 52.2 Å². The fourth-order valence-electron chi connectivity index (χ4n) is 2.50. The Balaban J connectivity index is 2.10. The van der Waals surface area contributed by atoms with Gasteiger partial charge in [-0.1, -0.05) is 37.6 Å². The van der Waals surface area contributed by atoms with Gasteiger partial charge in [-0.15, -0.1) is 0 Å². The zero-order valence-electron chi connectivity index (χ0n) is 13.1. The second kappa shape index (κ2) is 6.76. The molecule has 1 unspecified atom stereocenters. The summed E-state index contributed by atoms with van der Waals surface area (Å²) in [5, 5.41) is 0. The second-order valence-corrected chi connectivity index (χ2v) is 5.83. The quantitative estimate of drug-likeness (QED) is 0.888. The Morgan fingerprint density at radius 1 is 1.14 bits per heavy atom. The lowest BCUT2D eigenvalue weighted by Crippen LogP contribution is -2.29. The topological polar surface area (TPSA) is 52.9 Å². The zero-order chi connectivity index (χ0) is 15.4. The van der Waals surface area contributed by atoms with Crippen LogP contribution in [0.2, 0.25) is 0 Å². The van der Waals surface area contributed by atoms with Gasteiger partial charge in [0.05, 0.1) is 0 Å². The first-order valence-electron chi connectivity index (χ1n) is 7.64. The van der Waals surface area contributed by atoms with E-state index in [9.17, 15) is 4.79 Å². The molecule has 1 aromatic carbocycles. The van der Waals surface area contributed by atoms with Crippen LogP contribution in [0.1, 0.15) is 50.4 Å². The molecule has 4 heteroatoms. The number of hydrogen-bond donors (Lipinski definition) is 1. The SMILES string of the molecule is CCCc1ccc(C(N)Cn2ccn(C(C)C)c2=O)cc1. The zero-order valence-corrected chi connectivity index (χ0v) is 13.1. The Kier molecular flexibility index (Phi) is 5.02. The third-order valence-corrected chi connectivity index (χ3v) is 3.77. The first kappa shape index (κ1) is 15.6. The Hall–Kier alpha value is -1.81. The van der Waals surface area contributed by atoms with Gasteiger partial charge >= 0.3 is 5.69 Å². The van der Waals surface area contributed by atoms with E-state index in [2.05, 4.69) is 31.2 Å². The van der Waals surface area contributed by atoms with Gasteiger partial charge in [0.2, 0.25) is 0 Å². The van der Waals surface area contributed by atoms with Crippen LogP contribution in [0, 0.1) is 0 Å². The van der Waals surface area contributed by atoms with Crippen LogP contribution in [0.25, 0.3) is 0 Å².